The van der Waals surface area contributed by atoms with E-state index < -0.39 is 5.60 Å². The van der Waals surface area contributed by atoms with Gasteiger partial charge < -0.3 is 19.6 Å². The SMILES string of the molecule is CCc1ccc(CN2CCC(O)(c3ccc4oc(C(=O)Nc5ccccc5OC)cc4c3)CC2)cc1. The first-order valence-corrected chi connectivity index (χ1v) is 12.5. The van der Waals surface area contributed by atoms with Crippen LogP contribution in [0.4, 0.5) is 5.69 Å². The maximum Gasteiger partial charge on any atom is 0.291 e. The molecule has 3 aromatic carbocycles. The minimum atomic E-state index is -0.895. The van der Waals surface area contributed by atoms with Crippen molar-refractivity contribution in [3.05, 3.63) is 95.2 Å². The Morgan fingerprint density at radius 2 is 1.75 bits per heavy atom. The van der Waals surface area contributed by atoms with E-state index in [-0.39, 0.29) is 11.7 Å². The summed E-state index contributed by atoms with van der Waals surface area (Å²) in [6, 6.07) is 23.4. The van der Waals surface area contributed by atoms with E-state index in [1.165, 1.54) is 11.1 Å². The highest BCUT2D eigenvalue weighted by Gasteiger charge is 2.34. The van der Waals surface area contributed by atoms with Crippen molar-refractivity contribution in [3.8, 4) is 5.75 Å². The molecule has 5 rings (SSSR count). The summed E-state index contributed by atoms with van der Waals surface area (Å²) >= 11 is 0. The molecule has 2 heterocycles. The molecule has 1 amide bonds. The lowest BCUT2D eigenvalue weighted by Gasteiger charge is -2.38. The molecule has 1 aromatic heterocycles. The van der Waals surface area contributed by atoms with Gasteiger partial charge in [-0.05, 0) is 66.3 Å². The molecule has 6 heteroatoms. The first kappa shape index (κ1) is 24.1. The first-order chi connectivity index (χ1) is 17.5. The smallest absolute Gasteiger partial charge is 0.291 e. The molecular weight excluding hydrogens is 452 g/mol. The number of aliphatic hydroxyl groups is 1. The second-order valence-electron chi connectivity index (χ2n) is 9.50. The summed E-state index contributed by atoms with van der Waals surface area (Å²) in [6.45, 7) is 4.70. The van der Waals surface area contributed by atoms with Crippen molar-refractivity contribution in [2.45, 2.75) is 38.3 Å². The van der Waals surface area contributed by atoms with Gasteiger partial charge in [-0.3, -0.25) is 9.69 Å². The van der Waals surface area contributed by atoms with Gasteiger partial charge in [-0.1, -0.05) is 49.4 Å². The molecule has 0 bridgehead atoms. The Labute approximate surface area is 211 Å². The zero-order valence-corrected chi connectivity index (χ0v) is 20.8. The zero-order chi connectivity index (χ0) is 25.1. The van der Waals surface area contributed by atoms with Crippen molar-refractivity contribution in [1.29, 1.82) is 0 Å². The summed E-state index contributed by atoms with van der Waals surface area (Å²) in [5.74, 6) is 0.441. The summed E-state index contributed by atoms with van der Waals surface area (Å²) in [5.41, 5.74) is 3.81. The number of anilines is 1. The molecule has 0 saturated carbocycles. The van der Waals surface area contributed by atoms with E-state index in [1.807, 2.05) is 30.3 Å². The van der Waals surface area contributed by atoms with Crippen molar-refractivity contribution < 1.29 is 19.1 Å². The van der Waals surface area contributed by atoms with E-state index in [0.717, 1.165) is 37.0 Å². The summed E-state index contributed by atoms with van der Waals surface area (Å²) in [6.07, 6.45) is 2.36. The highest BCUT2D eigenvalue weighted by molar-refractivity contribution is 6.05. The average Bonchev–Trinajstić information content (AvgIpc) is 3.35. The molecule has 1 aliphatic heterocycles. The summed E-state index contributed by atoms with van der Waals surface area (Å²) in [7, 11) is 1.56. The molecule has 1 fully saturated rings. The molecule has 36 heavy (non-hydrogen) atoms. The number of likely N-dealkylation sites (tertiary alicyclic amines) is 1. The normalized spacial score (nSPS) is 15.6. The van der Waals surface area contributed by atoms with Crippen molar-refractivity contribution in [1.82, 2.24) is 4.90 Å². The monoisotopic (exact) mass is 484 g/mol. The van der Waals surface area contributed by atoms with Gasteiger partial charge in [0.1, 0.15) is 11.3 Å². The number of benzene rings is 3. The molecule has 4 aromatic rings. The van der Waals surface area contributed by atoms with Crippen LogP contribution in [0, 0.1) is 0 Å². The predicted molar refractivity (Wildman–Crippen MR) is 141 cm³/mol. The molecule has 0 unspecified atom stereocenters. The second kappa shape index (κ2) is 10.2. The second-order valence-corrected chi connectivity index (χ2v) is 9.50. The largest absolute Gasteiger partial charge is 0.495 e. The summed E-state index contributed by atoms with van der Waals surface area (Å²) in [4.78, 5) is 15.2. The van der Waals surface area contributed by atoms with Crippen LogP contribution in [-0.2, 0) is 18.6 Å². The standard InChI is InChI=1S/C30H32N2O4/c1-3-21-8-10-22(11-9-21)20-32-16-14-30(34,15-17-32)24-12-13-26-23(18-24)19-28(36-26)29(33)31-25-6-4-5-7-27(25)35-2/h4-13,18-19,34H,3,14-17,20H2,1-2H3,(H,31,33). The van der Waals surface area contributed by atoms with Gasteiger partial charge in [-0.25, -0.2) is 0 Å². The minimum Gasteiger partial charge on any atom is -0.495 e. The van der Waals surface area contributed by atoms with E-state index >= 15 is 0 Å². The van der Waals surface area contributed by atoms with Crippen LogP contribution in [0.1, 0.15) is 47.0 Å². The molecule has 0 radical (unpaired) electrons. The number of amides is 1. The first-order valence-electron chi connectivity index (χ1n) is 12.5. The van der Waals surface area contributed by atoms with Crippen molar-refractivity contribution in [2.75, 3.05) is 25.5 Å². The average molecular weight is 485 g/mol. The van der Waals surface area contributed by atoms with E-state index in [2.05, 4.69) is 41.4 Å². The summed E-state index contributed by atoms with van der Waals surface area (Å²) in [5, 5.41) is 15.1. The maximum atomic E-state index is 12.8. The Hall–Kier alpha value is -3.61. The highest BCUT2D eigenvalue weighted by atomic mass is 16.5. The number of fused-ring (bicyclic) bond motifs is 1. The van der Waals surface area contributed by atoms with Crippen LogP contribution in [0.3, 0.4) is 0 Å². The van der Waals surface area contributed by atoms with Gasteiger partial charge in [0.25, 0.3) is 5.91 Å². The Balaban J connectivity index is 1.26. The summed E-state index contributed by atoms with van der Waals surface area (Å²) < 4.78 is 11.1. The number of ether oxygens (including phenoxy) is 1. The van der Waals surface area contributed by atoms with Gasteiger partial charge in [0.15, 0.2) is 5.76 Å². The number of methoxy groups -OCH3 is 1. The van der Waals surface area contributed by atoms with Gasteiger partial charge in [-0.15, -0.1) is 0 Å². The number of nitrogens with zero attached hydrogens (tertiary/aromatic N) is 1. The number of para-hydroxylation sites is 2. The molecule has 186 valence electrons. The van der Waals surface area contributed by atoms with Crippen LogP contribution in [-0.4, -0.2) is 36.1 Å². The van der Waals surface area contributed by atoms with Gasteiger partial charge in [0.2, 0.25) is 0 Å². The Bertz CT molecular complexity index is 1350. The molecule has 0 spiro atoms. The van der Waals surface area contributed by atoms with E-state index in [4.69, 9.17) is 9.15 Å². The van der Waals surface area contributed by atoms with Crippen molar-refractivity contribution >= 4 is 22.6 Å². The van der Waals surface area contributed by atoms with Gasteiger partial charge >= 0.3 is 0 Å². The Morgan fingerprint density at radius 1 is 1.03 bits per heavy atom. The minimum absolute atomic E-state index is 0.212. The third-order valence-corrected chi connectivity index (χ3v) is 7.15. The quantitative estimate of drug-likeness (QED) is 0.350. The number of carbonyl (C=O) groups excluding carboxylic acids is 1. The lowest BCUT2D eigenvalue weighted by Crippen LogP contribution is -2.42. The third-order valence-electron chi connectivity index (χ3n) is 7.15. The molecular formula is C30H32N2O4. The lowest BCUT2D eigenvalue weighted by atomic mass is 9.84. The highest BCUT2D eigenvalue weighted by Crippen LogP contribution is 2.35. The number of carbonyl (C=O) groups is 1. The van der Waals surface area contributed by atoms with Crippen LogP contribution in [0.2, 0.25) is 0 Å². The Kier molecular flexibility index (Phi) is 6.81. The Morgan fingerprint density at radius 3 is 2.47 bits per heavy atom. The van der Waals surface area contributed by atoms with Crippen LogP contribution in [0.5, 0.6) is 5.75 Å². The van der Waals surface area contributed by atoms with Crippen molar-refractivity contribution in [2.24, 2.45) is 0 Å². The topological polar surface area (TPSA) is 74.9 Å². The fourth-order valence-electron chi connectivity index (χ4n) is 4.88. The van der Waals surface area contributed by atoms with Crippen LogP contribution >= 0.6 is 0 Å². The number of furan rings is 1. The number of nitrogens with one attached hydrogen (secondary N) is 1. The van der Waals surface area contributed by atoms with Crippen LogP contribution in [0.25, 0.3) is 11.0 Å². The number of hydrogen-bond donors (Lipinski definition) is 2. The molecule has 1 saturated heterocycles. The van der Waals surface area contributed by atoms with Crippen LogP contribution < -0.4 is 10.1 Å². The van der Waals surface area contributed by atoms with Gasteiger partial charge in [-0.2, -0.15) is 0 Å². The molecule has 0 aliphatic carbocycles. The molecule has 2 N–H and O–H groups in total. The van der Waals surface area contributed by atoms with Gasteiger partial charge in [0, 0.05) is 25.0 Å². The maximum absolute atomic E-state index is 12.8. The van der Waals surface area contributed by atoms with Crippen molar-refractivity contribution in [3.63, 3.8) is 0 Å². The van der Waals surface area contributed by atoms with E-state index in [9.17, 15) is 9.90 Å². The molecule has 0 atom stereocenters. The number of rotatable bonds is 7. The number of hydrogen-bond acceptors (Lipinski definition) is 5. The fraction of sp³-hybridized carbons (Fsp3) is 0.300. The lowest BCUT2D eigenvalue weighted by molar-refractivity contribution is -0.0276. The number of piperidine rings is 1. The van der Waals surface area contributed by atoms with E-state index in [1.54, 1.807) is 25.3 Å². The predicted octanol–water partition coefficient (Wildman–Crippen LogP) is 5.74. The number of aryl methyl sites for hydroxylation is 1. The fourth-order valence-corrected chi connectivity index (χ4v) is 4.88. The third kappa shape index (κ3) is 5.01. The molecule has 6 nitrogen and oxygen atoms in total. The molecule has 1 aliphatic rings. The van der Waals surface area contributed by atoms with Gasteiger partial charge in [0.05, 0.1) is 18.4 Å². The van der Waals surface area contributed by atoms with E-state index in [0.29, 0.717) is 29.9 Å². The van der Waals surface area contributed by atoms with Crippen LogP contribution in [0.15, 0.2) is 77.2 Å². The zero-order valence-electron chi connectivity index (χ0n) is 20.8.